The summed E-state index contributed by atoms with van der Waals surface area (Å²) in [6.07, 6.45) is 2.68. The van der Waals surface area contributed by atoms with E-state index in [1.54, 1.807) is 18.2 Å². The van der Waals surface area contributed by atoms with Crippen LogP contribution in [0.3, 0.4) is 0 Å². The van der Waals surface area contributed by atoms with Gasteiger partial charge in [0.15, 0.2) is 0 Å². The number of nitrogens with zero attached hydrogens (tertiary/aromatic N) is 1. The molecule has 0 bridgehead atoms. The Balaban J connectivity index is 0.00000280. The molecule has 0 aromatic heterocycles. The van der Waals surface area contributed by atoms with Gasteiger partial charge in [0.2, 0.25) is 0 Å². The number of quaternary nitrogens is 1. The van der Waals surface area contributed by atoms with E-state index < -0.39 is 0 Å². The van der Waals surface area contributed by atoms with E-state index in [4.69, 9.17) is 27.9 Å². The van der Waals surface area contributed by atoms with Crippen LogP contribution in [-0.2, 0) is 11.3 Å². The maximum Gasteiger partial charge on any atom is 0.255 e. The number of hydrogen-bond acceptors (Lipinski definition) is 2. The van der Waals surface area contributed by atoms with Crippen LogP contribution >= 0.6 is 23.2 Å². The lowest BCUT2D eigenvalue weighted by atomic mass is 10.1. The molecule has 0 radical (unpaired) electrons. The summed E-state index contributed by atoms with van der Waals surface area (Å²) >= 11 is 11.9. The minimum atomic E-state index is -0.212. The van der Waals surface area contributed by atoms with Crippen molar-refractivity contribution in [3.8, 4) is 0 Å². The molecule has 3 rings (SSSR count). The first-order valence-electron chi connectivity index (χ1n) is 9.11. The molecule has 0 saturated carbocycles. The van der Waals surface area contributed by atoms with Gasteiger partial charge in [0.05, 0.1) is 24.1 Å². The Morgan fingerprint density at radius 1 is 1.14 bits per heavy atom. The number of likely N-dealkylation sites (N-methyl/N-ethyl adjacent to an activating group) is 1. The molecule has 1 aliphatic heterocycles. The number of nitrogens with one attached hydrogen (secondary N) is 1. The van der Waals surface area contributed by atoms with Crippen molar-refractivity contribution < 1.29 is 26.4 Å². The second-order valence-corrected chi connectivity index (χ2v) is 8.51. The highest BCUT2D eigenvalue weighted by atomic mass is 35.5. The predicted molar refractivity (Wildman–Crippen MR) is 111 cm³/mol. The number of rotatable bonds is 6. The van der Waals surface area contributed by atoms with Crippen LogP contribution in [0.25, 0.3) is 0 Å². The topological polar surface area (TPSA) is 38.3 Å². The van der Waals surface area contributed by atoms with Gasteiger partial charge in [-0.25, -0.2) is 0 Å². The number of carbonyl (C=O) groups is 1. The van der Waals surface area contributed by atoms with Crippen LogP contribution in [0.4, 0.5) is 5.69 Å². The van der Waals surface area contributed by atoms with Crippen molar-refractivity contribution in [3.05, 3.63) is 63.6 Å². The highest BCUT2D eigenvalue weighted by Crippen LogP contribution is 2.23. The molecule has 2 aromatic rings. The fraction of sp³-hybridized carbons (Fsp3) is 0.381. The number of ether oxygens (including phenoxy) is 1. The lowest BCUT2D eigenvalue weighted by Crippen LogP contribution is -3.00. The van der Waals surface area contributed by atoms with Gasteiger partial charge in [-0.3, -0.25) is 4.79 Å². The predicted octanol–water partition coefficient (Wildman–Crippen LogP) is 2.01. The minimum absolute atomic E-state index is 0. The zero-order valence-corrected chi connectivity index (χ0v) is 18.3. The third kappa shape index (κ3) is 6.36. The summed E-state index contributed by atoms with van der Waals surface area (Å²) < 4.78 is 6.64. The zero-order valence-electron chi connectivity index (χ0n) is 16.1. The van der Waals surface area contributed by atoms with Crippen LogP contribution in [-0.4, -0.2) is 43.7 Å². The maximum absolute atomic E-state index is 12.4. The standard InChI is InChI=1S/C21H24Cl2N2O2.ClH/c1-25(2,14-18-4-3-11-27-18)13-15-5-8-17(9-6-15)24-21(26)16-7-10-19(22)20(23)12-16;/h5-10,12,18H,3-4,11,13-14H2,1-2H3;1H/t18-;/m0./s1. The zero-order chi connectivity index (χ0) is 19.4. The summed E-state index contributed by atoms with van der Waals surface area (Å²) in [4.78, 5) is 12.4. The molecule has 152 valence electrons. The number of carbonyl (C=O) groups excluding carboxylic acids is 1. The number of benzene rings is 2. The van der Waals surface area contributed by atoms with Crippen molar-refractivity contribution >= 4 is 34.8 Å². The van der Waals surface area contributed by atoms with E-state index in [-0.39, 0.29) is 18.3 Å². The van der Waals surface area contributed by atoms with Crippen molar-refractivity contribution in [2.45, 2.75) is 25.5 Å². The Hall–Kier alpha value is -1.30. The molecular formula is C21H25Cl3N2O2. The fourth-order valence-corrected chi connectivity index (χ4v) is 3.73. The number of halogens is 3. The number of anilines is 1. The van der Waals surface area contributed by atoms with Gasteiger partial charge < -0.3 is 26.9 Å². The summed E-state index contributed by atoms with van der Waals surface area (Å²) in [5, 5.41) is 3.69. The quantitative estimate of drug-likeness (QED) is 0.694. The average Bonchev–Trinajstić information content (AvgIpc) is 3.11. The SMILES string of the molecule is C[N+](C)(Cc1ccc(NC(=O)c2ccc(Cl)c(Cl)c2)cc1)C[C@@H]1CCCO1.[Cl-]. The summed E-state index contributed by atoms with van der Waals surface area (Å²) in [5.74, 6) is -0.212. The largest absolute Gasteiger partial charge is 1.00 e. The summed E-state index contributed by atoms with van der Waals surface area (Å²) in [5.41, 5.74) is 2.45. The van der Waals surface area contributed by atoms with Crippen molar-refractivity contribution in [1.82, 2.24) is 0 Å². The van der Waals surface area contributed by atoms with Gasteiger partial charge in [-0.15, -0.1) is 0 Å². The third-order valence-electron chi connectivity index (χ3n) is 4.73. The Kier molecular flexibility index (Phi) is 8.17. The first-order valence-corrected chi connectivity index (χ1v) is 9.87. The minimum Gasteiger partial charge on any atom is -1.00 e. The number of amides is 1. The molecule has 1 fully saturated rings. The molecule has 7 heteroatoms. The van der Waals surface area contributed by atoms with Gasteiger partial charge in [0, 0.05) is 23.4 Å². The van der Waals surface area contributed by atoms with Crippen LogP contribution in [0.2, 0.25) is 10.0 Å². The fourth-order valence-electron chi connectivity index (χ4n) is 3.43. The van der Waals surface area contributed by atoms with E-state index in [0.717, 1.165) is 42.7 Å². The Morgan fingerprint density at radius 3 is 2.46 bits per heavy atom. The van der Waals surface area contributed by atoms with Gasteiger partial charge in [-0.05, 0) is 43.2 Å². The molecular weight excluding hydrogens is 419 g/mol. The lowest BCUT2D eigenvalue weighted by molar-refractivity contribution is -0.906. The highest BCUT2D eigenvalue weighted by Gasteiger charge is 2.25. The molecule has 1 aliphatic rings. The van der Waals surface area contributed by atoms with Crippen molar-refractivity contribution in [2.75, 3.05) is 32.6 Å². The van der Waals surface area contributed by atoms with Crippen LogP contribution in [0.15, 0.2) is 42.5 Å². The van der Waals surface area contributed by atoms with Crippen molar-refractivity contribution in [3.63, 3.8) is 0 Å². The van der Waals surface area contributed by atoms with Gasteiger partial charge in [-0.1, -0.05) is 35.3 Å². The van der Waals surface area contributed by atoms with Crippen LogP contribution in [0.5, 0.6) is 0 Å². The van der Waals surface area contributed by atoms with Crippen LogP contribution < -0.4 is 17.7 Å². The third-order valence-corrected chi connectivity index (χ3v) is 5.47. The van der Waals surface area contributed by atoms with E-state index in [9.17, 15) is 4.79 Å². The molecule has 0 aliphatic carbocycles. The molecule has 1 N–H and O–H groups in total. The molecule has 1 saturated heterocycles. The smallest absolute Gasteiger partial charge is 0.255 e. The van der Waals surface area contributed by atoms with Crippen molar-refractivity contribution in [1.29, 1.82) is 0 Å². The van der Waals surface area contributed by atoms with Crippen molar-refractivity contribution in [2.24, 2.45) is 0 Å². The van der Waals surface area contributed by atoms with Gasteiger partial charge in [0.25, 0.3) is 5.91 Å². The second kappa shape index (κ2) is 9.95. The lowest BCUT2D eigenvalue weighted by Gasteiger charge is -2.32. The van der Waals surface area contributed by atoms with E-state index in [0.29, 0.717) is 21.7 Å². The molecule has 4 nitrogen and oxygen atoms in total. The second-order valence-electron chi connectivity index (χ2n) is 7.69. The first-order chi connectivity index (χ1) is 12.8. The van der Waals surface area contributed by atoms with Gasteiger partial charge in [-0.2, -0.15) is 0 Å². The first kappa shape index (κ1) is 23.0. The monoisotopic (exact) mass is 442 g/mol. The van der Waals surface area contributed by atoms with Crippen LogP contribution in [0.1, 0.15) is 28.8 Å². The van der Waals surface area contributed by atoms with Crippen LogP contribution in [0, 0.1) is 0 Å². The molecule has 1 heterocycles. The average molecular weight is 444 g/mol. The summed E-state index contributed by atoms with van der Waals surface area (Å²) in [6.45, 7) is 2.81. The van der Waals surface area contributed by atoms with Gasteiger partial charge in [0.1, 0.15) is 19.2 Å². The summed E-state index contributed by atoms with van der Waals surface area (Å²) in [7, 11) is 4.45. The normalized spacial score (nSPS) is 16.5. The molecule has 1 amide bonds. The Bertz CT molecular complexity index is 804. The Morgan fingerprint density at radius 2 is 1.86 bits per heavy atom. The van der Waals surface area contributed by atoms with E-state index in [1.807, 2.05) is 12.1 Å². The van der Waals surface area contributed by atoms with Gasteiger partial charge >= 0.3 is 0 Å². The molecule has 28 heavy (non-hydrogen) atoms. The molecule has 0 spiro atoms. The molecule has 0 unspecified atom stereocenters. The van der Waals surface area contributed by atoms with E-state index >= 15 is 0 Å². The maximum atomic E-state index is 12.4. The summed E-state index contributed by atoms with van der Waals surface area (Å²) in [6, 6.07) is 12.8. The molecule has 2 aromatic carbocycles. The Labute approximate surface area is 182 Å². The molecule has 1 atom stereocenters. The highest BCUT2D eigenvalue weighted by molar-refractivity contribution is 6.42. The van der Waals surface area contributed by atoms with E-state index in [2.05, 4.69) is 31.5 Å². The number of hydrogen-bond donors (Lipinski definition) is 1. The van der Waals surface area contributed by atoms with E-state index in [1.165, 1.54) is 5.56 Å².